The molecule has 6 nitrogen and oxygen atoms in total. The van der Waals surface area contributed by atoms with E-state index in [2.05, 4.69) is 5.16 Å². The number of nitrogens with two attached hydrogens (primary N) is 1. The van der Waals surface area contributed by atoms with E-state index < -0.39 is 0 Å². The molecule has 2 unspecified atom stereocenters. The molecule has 1 heterocycles. The van der Waals surface area contributed by atoms with Gasteiger partial charge in [0.15, 0.2) is 5.84 Å². The van der Waals surface area contributed by atoms with Gasteiger partial charge in [-0.05, 0) is 24.5 Å². The van der Waals surface area contributed by atoms with Gasteiger partial charge in [0.2, 0.25) is 0 Å². The first-order valence-corrected chi connectivity index (χ1v) is 6.58. The van der Waals surface area contributed by atoms with Crippen molar-refractivity contribution in [1.82, 2.24) is 4.90 Å². The van der Waals surface area contributed by atoms with E-state index in [1.165, 1.54) is 0 Å². The number of benzene rings is 1. The molecule has 1 aliphatic heterocycles. The fourth-order valence-electron chi connectivity index (χ4n) is 2.55. The monoisotopic (exact) mass is 277 g/mol. The van der Waals surface area contributed by atoms with Crippen LogP contribution in [-0.2, 0) is 0 Å². The van der Waals surface area contributed by atoms with Crippen molar-refractivity contribution in [3.63, 3.8) is 0 Å². The predicted molar refractivity (Wildman–Crippen MR) is 74.6 cm³/mol. The van der Waals surface area contributed by atoms with Gasteiger partial charge in [0, 0.05) is 17.7 Å². The number of amides is 1. The van der Waals surface area contributed by atoms with E-state index in [-0.39, 0.29) is 24.4 Å². The maximum atomic E-state index is 12.4. The van der Waals surface area contributed by atoms with Crippen LogP contribution in [-0.4, -0.2) is 46.1 Å². The maximum absolute atomic E-state index is 12.4. The molecule has 0 spiro atoms. The first kappa shape index (κ1) is 14.3. The van der Waals surface area contributed by atoms with Crippen LogP contribution in [0, 0.1) is 5.92 Å². The molecule has 1 aromatic carbocycles. The highest BCUT2D eigenvalue weighted by molar-refractivity contribution is 5.99. The molecule has 1 saturated heterocycles. The Hall–Kier alpha value is -2.08. The minimum Gasteiger partial charge on any atom is -0.409 e. The van der Waals surface area contributed by atoms with Crippen molar-refractivity contribution in [3.8, 4) is 0 Å². The lowest BCUT2D eigenvalue weighted by Gasteiger charge is -2.25. The molecule has 0 saturated carbocycles. The number of oxime groups is 1. The number of aliphatic hydroxyl groups excluding tert-OH is 1. The van der Waals surface area contributed by atoms with Crippen LogP contribution in [0.1, 0.15) is 29.3 Å². The molecule has 1 aromatic rings. The molecule has 1 amide bonds. The van der Waals surface area contributed by atoms with Crippen LogP contribution in [0.15, 0.2) is 29.4 Å². The minimum absolute atomic E-state index is 0.00651. The number of rotatable bonds is 3. The van der Waals surface area contributed by atoms with Crippen LogP contribution in [0.3, 0.4) is 0 Å². The third kappa shape index (κ3) is 2.60. The number of hydrogen-bond acceptors (Lipinski definition) is 4. The van der Waals surface area contributed by atoms with E-state index in [4.69, 9.17) is 10.9 Å². The van der Waals surface area contributed by atoms with Gasteiger partial charge in [-0.25, -0.2) is 0 Å². The van der Waals surface area contributed by atoms with Crippen molar-refractivity contribution in [3.05, 3.63) is 35.4 Å². The molecule has 108 valence electrons. The molecule has 0 radical (unpaired) electrons. The van der Waals surface area contributed by atoms with Gasteiger partial charge in [-0.3, -0.25) is 4.79 Å². The summed E-state index contributed by atoms with van der Waals surface area (Å²) >= 11 is 0. The summed E-state index contributed by atoms with van der Waals surface area (Å²) in [5.41, 5.74) is 6.56. The van der Waals surface area contributed by atoms with E-state index in [1.54, 1.807) is 29.2 Å². The number of aliphatic hydroxyl groups is 1. The third-order valence-corrected chi connectivity index (χ3v) is 3.87. The normalized spacial score (nSPS) is 23.1. The lowest BCUT2D eigenvalue weighted by Crippen LogP contribution is -2.39. The third-order valence-electron chi connectivity index (χ3n) is 3.87. The summed E-state index contributed by atoms with van der Waals surface area (Å²) in [6, 6.07) is 6.44. The van der Waals surface area contributed by atoms with Crippen molar-refractivity contribution >= 4 is 11.7 Å². The predicted octanol–water partition coefficient (Wildman–Crippen LogP) is 0.624. The van der Waals surface area contributed by atoms with E-state index in [1.807, 2.05) is 6.92 Å². The van der Waals surface area contributed by atoms with Gasteiger partial charge in [0.1, 0.15) is 0 Å². The minimum atomic E-state index is -0.119. The second-order valence-corrected chi connectivity index (χ2v) is 5.08. The van der Waals surface area contributed by atoms with Crippen LogP contribution in [0.2, 0.25) is 0 Å². The molecular weight excluding hydrogens is 258 g/mol. The van der Waals surface area contributed by atoms with Crippen molar-refractivity contribution in [1.29, 1.82) is 0 Å². The molecule has 2 atom stereocenters. The van der Waals surface area contributed by atoms with Gasteiger partial charge in [-0.1, -0.05) is 24.2 Å². The van der Waals surface area contributed by atoms with Crippen LogP contribution in [0.4, 0.5) is 0 Å². The SMILES string of the molecule is CC1CCN(C(=O)c2ccc(/C(N)=N/O)cc2)C1CO. The quantitative estimate of drug-likeness (QED) is 0.326. The van der Waals surface area contributed by atoms with Gasteiger partial charge >= 0.3 is 0 Å². The van der Waals surface area contributed by atoms with Crippen LogP contribution >= 0.6 is 0 Å². The van der Waals surface area contributed by atoms with Crippen molar-refractivity contribution in [2.24, 2.45) is 16.8 Å². The average Bonchev–Trinajstić information content (AvgIpc) is 2.86. The zero-order valence-electron chi connectivity index (χ0n) is 11.4. The summed E-state index contributed by atoms with van der Waals surface area (Å²) in [7, 11) is 0. The summed E-state index contributed by atoms with van der Waals surface area (Å²) in [4.78, 5) is 14.1. The first-order valence-electron chi connectivity index (χ1n) is 6.58. The number of carbonyl (C=O) groups excluding carboxylic acids is 1. The molecule has 4 N–H and O–H groups in total. The van der Waals surface area contributed by atoms with Gasteiger partial charge in [-0.2, -0.15) is 0 Å². The summed E-state index contributed by atoms with van der Waals surface area (Å²) in [5.74, 6) is 0.215. The van der Waals surface area contributed by atoms with Crippen molar-refractivity contribution in [2.75, 3.05) is 13.2 Å². The highest BCUT2D eigenvalue weighted by Crippen LogP contribution is 2.25. The number of likely N-dealkylation sites (tertiary alicyclic amines) is 1. The molecule has 6 heteroatoms. The lowest BCUT2D eigenvalue weighted by molar-refractivity contribution is 0.0648. The largest absolute Gasteiger partial charge is 0.409 e. The Bertz CT molecular complexity index is 513. The summed E-state index contributed by atoms with van der Waals surface area (Å²) < 4.78 is 0. The summed E-state index contributed by atoms with van der Waals surface area (Å²) in [6.45, 7) is 2.68. The number of amidine groups is 1. The summed E-state index contributed by atoms with van der Waals surface area (Å²) in [6.07, 6.45) is 0.902. The first-order chi connectivity index (χ1) is 9.58. The fraction of sp³-hybridized carbons (Fsp3) is 0.429. The van der Waals surface area contributed by atoms with Crippen LogP contribution in [0.5, 0.6) is 0 Å². The molecule has 0 bridgehead atoms. The van der Waals surface area contributed by atoms with Gasteiger partial charge in [-0.15, -0.1) is 0 Å². The molecule has 2 rings (SSSR count). The van der Waals surface area contributed by atoms with Gasteiger partial charge in [0.05, 0.1) is 12.6 Å². The maximum Gasteiger partial charge on any atom is 0.254 e. The van der Waals surface area contributed by atoms with E-state index in [0.29, 0.717) is 23.6 Å². The Morgan fingerprint density at radius 1 is 1.40 bits per heavy atom. The highest BCUT2D eigenvalue weighted by Gasteiger charge is 2.34. The smallest absolute Gasteiger partial charge is 0.254 e. The second kappa shape index (κ2) is 5.92. The molecule has 1 fully saturated rings. The van der Waals surface area contributed by atoms with E-state index in [0.717, 1.165) is 6.42 Å². The van der Waals surface area contributed by atoms with Crippen LogP contribution in [0.25, 0.3) is 0 Å². The topological polar surface area (TPSA) is 99.2 Å². The fourth-order valence-corrected chi connectivity index (χ4v) is 2.55. The van der Waals surface area contributed by atoms with Crippen molar-refractivity contribution < 1.29 is 15.1 Å². The average molecular weight is 277 g/mol. The zero-order valence-corrected chi connectivity index (χ0v) is 11.4. The Morgan fingerprint density at radius 2 is 2.00 bits per heavy atom. The summed E-state index contributed by atoms with van der Waals surface area (Å²) in [5, 5.41) is 20.9. The zero-order chi connectivity index (χ0) is 14.7. The highest BCUT2D eigenvalue weighted by atomic mass is 16.4. The molecule has 1 aliphatic rings. The van der Waals surface area contributed by atoms with Gasteiger partial charge in [0.25, 0.3) is 5.91 Å². The Balaban J connectivity index is 2.17. The molecule has 0 aliphatic carbocycles. The second-order valence-electron chi connectivity index (χ2n) is 5.08. The lowest BCUT2D eigenvalue weighted by atomic mass is 10.0. The van der Waals surface area contributed by atoms with Crippen LogP contribution < -0.4 is 5.73 Å². The number of carbonyl (C=O) groups is 1. The number of hydrogen-bond donors (Lipinski definition) is 3. The Morgan fingerprint density at radius 3 is 2.55 bits per heavy atom. The van der Waals surface area contributed by atoms with Crippen molar-refractivity contribution in [2.45, 2.75) is 19.4 Å². The van der Waals surface area contributed by atoms with E-state index in [9.17, 15) is 9.90 Å². The Kier molecular flexibility index (Phi) is 4.24. The Labute approximate surface area is 117 Å². The van der Waals surface area contributed by atoms with E-state index >= 15 is 0 Å². The molecule has 20 heavy (non-hydrogen) atoms. The molecular formula is C14H19N3O3. The standard InChI is InChI=1S/C14H19N3O3/c1-9-6-7-17(12(9)8-18)14(19)11-4-2-10(3-5-11)13(15)16-20/h2-5,9,12,18,20H,6-8H2,1H3,(H2,15,16). The number of nitrogens with zero attached hydrogens (tertiary/aromatic N) is 2. The van der Waals surface area contributed by atoms with Gasteiger partial charge < -0.3 is 20.9 Å². The molecule has 0 aromatic heterocycles.